The molecule has 0 saturated heterocycles. The van der Waals surface area contributed by atoms with Crippen molar-refractivity contribution in [1.82, 2.24) is 20.1 Å². The normalized spacial score (nSPS) is 11.7. The van der Waals surface area contributed by atoms with Gasteiger partial charge in [0.25, 0.3) is 0 Å². The quantitative estimate of drug-likeness (QED) is 0.871. The van der Waals surface area contributed by atoms with E-state index in [1.54, 1.807) is 11.0 Å². The summed E-state index contributed by atoms with van der Waals surface area (Å²) in [5.41, 5.74) is 1.19. The van der Waals surface area contributed by atoms with Crippen molar-refractivity contribution >= 4 is 0 Å². The summed E-state index contributed by atoms with van der Waals surface area (Å²) in [5, 5.41) is 7.55. The Morgan fingerprint density at radius 1 is 1.24 bits per heavy atom. The van der Waals surface area contributed by atoms with E-state index in [-0.39, 0.29) is 5.54 Å². The molecule has 0 aliphatic carbocycles. The molecule has 0 amide bonds. The van der Waals surface area contributed by atoms with Crippen LogP contribution in [0.5, 0.6) is 0 Å². The van der Waals surface area contributed by atoms with E-state index in [0.717, 1.165) is 5.82 Å². The molecule has 0 fully saturated rings. The highest BCUT2D eigenvalue weighted by atomic mass is 15.3. The van der Waals surface area contributed by atoms with Crippen LogP contribution in [0.3, 0.4) is 0 Å². The van der Waals surface area contributed by atoms with Crippen molar-refractivity contribution in [3.05, 3.63) is 48.0 Å². The molecule has 0 saturated carbocycles. The van der Waals surface area contributed by atoms with Gasteiger partial charge in [0, 0.05) is 12.6 Å². The standard InChI is InChI=1S/C13H18N4/c1-13(2,11-7-5-4-6-8-11)15-9-12-14-10-16-17(12)3/h4-8,10,15H,9H2,1-3H3. The van der Waals surface area contributed by atoms with E-state index in [1.807, 2.05) is 13.1 Å². The van der Waals surface area contributed by atoms with Crippen molar-refractivity contribution in [2.75, 3.05) is 0 Å². The predicted octanol–water partition coefficient (Wildman–Crippen LogP) is 1.84. The van der Waals surface area contributed by atoms with Gasteiger partial charge in [-0.15, -0.1) is 0 Å². The summed E-state index contributed by atoms with van der Waals surface area (Å²) in [4.78, 5) is 4.20. The molecular formula is C13H18N4. The largest absolute Gasteiger partial charge is 0.301 e. The number of aryl methyl sites for hydroxylation is 1. The van der Waals surface area contributed by atoms with E-state index in [4.69, 9.17) is 0 Å². The molecule has 17 heavy (non-hydrogen) atoms. The molecule has 0 atom stereocenters. The fourth-order valence-electron chi connectivity index (χ4n) is 1.74. The van der Waals surface area contributed by atoms with Gasteiger partial charge in [-0.05, 0) is 19.4 Å². The van der Waals surface area contributed by atoms with Crippen molar-refractivity contribution in [3.8, 4) is 0 Å². The van der Waals surface area contributed by atoms with Gasteiger partial charge in [-0.2, -0.15) is 5.10 Å². The lowest BCUT2D eigenvalue weighted by Gasteiger charge is -2.26. The summed E-state index contributed by atoms with van der Waals surface area (Å²) < 4.78 is 1.79. The van der Waals surface area contributed by atoms with Gasteiger partial charge in [0.05, 0.1) is 6.54 Å². The molecule has 2 aromatic rings. The number of aromatic nitrogens is 3. The zero-order valence-electron chi connectivity index (χ0n) is 10.5. The number of rotatable bonds is 4. The van der Waals surface area contributed by atoms with E-state index >= 15 is 0 Å². The SMILES string of the molecule is Cn1ncnc1CNC(C)(C)c1ccccc1. The zero-order chi connectivity index (χ0) is 12.3. The third-order valence-electron chi connectivity index (χ3n) is 2.99. The lowest BCUT2D eigenvalue weighted by molar-refractivity contribution is 0.390. The Kier molecular flexibility index (Phi) is 3.24. The Hall–Kier alpha value is -1.68. The maximum absolute atomic E-state index is 4.20. The van der Waals surface area contributed by atoms with Gasteiger partial charge in [0.2, 0.25) is 0 Å². The van der Waals surface area contributed by atoms with E-state index < -0.39 is 0 Å². The molecule has 0 radical (unpaired) electrons. The number of nitrogens with zero attached hydrogens (tertiary/aromatic N) is 3. The first-order chi connectivity index (χ1) is 8.09. The summed E-state index contributed by atoms with van der Waals surface area (Å²) in [6.45, 7) is 5.04. The average Bonchev–Trinajstić information content (AvgIpc) is 2.74. The highest BCUT2D eigenvalue weighted by Gasteiger charge is 2.19. The monoisotopic (exact) mass is 230 g/mol. The summed E-state index contributed by atoms with van der Waals surface area (Å²) >= 11 is 0. The summed E-state index contributed by atoms with van der Waals surface area (Å²) in [6, 6.07) is 10.4. The van der Waals surface area contributed by atoms with Crippen molar-refractivity contribution in [1.29, 1.82) is 0 Å². The summed E-state index contributed by atoms with van der Waals surface area (Å²) in [5.74, 6) is 0.939. The fraction of sp³-hybridized carbons (Fsp3) is 0.385. The van der Waals surface area contributed by atoms with Crippen molar-refractivity contribution in [2.45, 2.75) is 25.9 Å². The van der Waals surface area contributed by atoms with Crippen LogP contribution in [0.15, 0.2) is 36.7 Å². The number of nitrogens with one attached hydrogen (secondary N) is 1. The Morgan fingerprint density at radius 2 is 1.94 bits per heavy atom. The second-order valence-corrected chi connectivity index (χ2v) is 4.64. The molecule has 0 spiro atoms. The van der Waals surface area contributed by atoms with Crippen molar-refractivity contribution in [2.24, 2.45) is 7.05 Å². The number of hydrogen-bond donors (Lipinski definition) is 1. The topological polar surface area (TPSA) is 42.7 Å². The Bertz CT molecular complexity index is 473. The van der Waals surface area contributed by atoms with Gasteiger partial charge in [-0.3, -0.25) is 4.68 Å². The molecule has 1 aromatic carbocycles. The minimum Gasteiger partial charge on any atom is -0.301 e. The van der Waals surface area contributed by atoms with Gasteiger partial charge in [0.1, 0.15) is 12.2 Å². The molecule has 0 unspecified atom stereocenters. The van der Waals surface area contributed by atoms with Crippen molar-refractivity contribution < 1.29 is 0 Å². The average molecular weight is 230 g/mol. The lowest BCUT2D eigenvalue weighted by atomic mass is 9.94. The summed E-state index contributed by atoms with van der Waals surface area (Å²) in [6.07, 6.45) is 1.58. The van der Waals surface area contributed by atoms with Gasteiger partial charge in [-0.1, -0.05) is 30.3 Å². The second kappa shape index (κ2) is 4.67. The third kappa shape index (κ3) is 2.71. The zero-order valence-corrected chi connectivity index (χ0v) is 10.5. The van der Waals surface area contributed by atoms with E-state index in [2.05, 4.69) is 53.5 Å². The maximum atomic E-state index is 4.20. The van der Waals surface area contributed by atoms with Crippen LogP contribution in [-0.4, -0.2) is 14.8 Å². The van der Waals surface area contributed by atoms with Crippen LogP contribution in [0.4, 0.5) is 0 Å². The van der Waals surface area contributed by atoms with Crippen molar-refractivity contribution in [3.63, 3.8) is 0 Å². The van der Waals surface area contributed by atoms with Crippen LogP contribution in [0.25, 0.3) is 0 Å². The van der Waals surface area contributed by atoms with Gasteiger partial charge < -0.3 is 5.32 Å². The first-order valence-corrected chi connectivity index (χ1v) is 5.73. The summed E-state index contributed by atoms with van der Waals surface area (Å²) in [7, 11) is 1.90. The molecule has 2 rings (SSSR count). The molecule has 0 aliphatic heterocycles. The number of benzene rings is 1. The highest BCUT2D eigenvalue weighted by Crippen LogP contribution is 2.19. The van der Waals surface area contributed by atoms with E-state index in [9.17, 15) is 0 Å². The molecule has 0 aliphatic rings. The van der Waals surface area contributed by atoms with Crippen LogP contribution in [0.2, 0.25) is 0 Å². The van der Waals surface area contributed by atoms with E-state index in [1.165, 1.54) is 5.56 Å². The fourth-order valence-corrected chi connectivity index (χ4v) is 1.74. The molecule has 90 valence electrons. The molecule has 4 heteroatoms. The maximum Gasteiger partial charge on any atom is 0.140 e. The van der Waals surface area contributed by atoms with Crippen LogP contribution < -0.4 is 5.32 Å². The molecule has 1 aromatic heterocycles. The number of hydrogen-bond acceptors (Lipinski definition) is 3. The molecular weight excluding hydrogens is 212 g/mol. The van der Waals surface area contributed by atoms with E-state index in [0.29, 0.717) is 6.54 Å². The minimum absolute atomic E-state index is 0.0762. The Labute approximate surface area is 102 Å². The molecule has 1 heterocycles. The molecule has 4 nitrogen and oxygen atoms in total. The molecule has 0 bridgehead atoms. The van der Waals surface area contributed by atoms with Crippen LogP contribution in [0.1, 0.15) is 25.2 Å². The minimum atomic E-state index is -0.0762. The van der Waals surface area contributed by atoms with Gasteiger partial charge in [0.15, 0.2) is 0 Å². The van der Waals surface area contributed by atoms with Gasteiger partial charge >= 0.3 is 0 Å². The molecule has 1 N–H and O–H groups in total. The van der Waals surface area contributed by atoms with Crippen LogP contribution >= 0.6 is 0 Å². The smallest absolute Gasteiger partial charge is 0.140 e. The van der Waals surface area contributed by atoms with Gasteiger partial charge in [-0.25, -0.2) is 4.98 Å². The Balaban J connectivity index is 2.06. The predicted molar refractivity (Wildman–Crippen MR) is 67.3 cm³/mol. The third-order valence-corrected chi connectivity index (χ3v) is 2.99. The van der Waals surface area contributed by atoms with Crippen LogP contribution in [0, 0.1) is 0 Å². The second-order valence-electron chi connectivity index (χ2n) is 4.64. The highest BCUT2D eigenvalue weighted by molar-refractivity contribution is 5.22. The first kappa shape index (κ1) is 11.8. The Morgan fingerprint density at radius 3 is 2.53 bits per heavy atom. The lowest BCUT2D eigenvalue weighted by Crippen LogP contribution is -2.36. The first-order valence-electron chi connectivity index (χ1n) is 5.73. The van der Waals surface area contributed by atoms with Crippen LogP contribution in [-0.2, 0) is 19.1 Å².